The van der Waals surface area contributed by atoms with E-state index in [1.807, 2.05) is 17.5 Å². The first-order chi connectivity index (χ1) is 10.1. The minimum absolute atomic E-state index is 0.0470. The predicted octanol–water partition coefficient (Wildman–Crippen LogP) is 3.10. The second-order valence-corrected chi connectivity index (χ2v) is 5.91. The molecule has 2 aromatic rings. The molecule has 21 heavy (non-hydrogen) atoms. The Hall–Kier alpha value is -2.26. The molecule has 0 spiro atoms. The van der Waals surface area contributed by atoms with Crippen molar-refractivity contribution in [2.45, 2.75) is 32.6 Å². The monoisotopic (exact) mass is 300 g/mol. The second kappa shape index (κ2) is 6.95. The van der Waals surface area contributed by atoms with Gasteiger partial charge in [0.15, 0.2) is 5.69 Å². The largest absolute Gasteiger partial charge is 0.325 e. The van der Waals surface area contributed by atoms with Gasteiger partial charge in [-0.25, -0.2) is 0 Å². The highest BCUT2D eigenvalue weighted by Gasteiger charge is 2.08. The van der Waals surface area contributed by atoms with Crippen LogP contribution in [0.3, 0.4) is 0 Å². The minimum Gasteiger partial charge on any atom is -0.325 e. The van der Waals surface area contributed by atoms with Gasteiger partial charge >= 0.3 is 0 Å². The molecule has 5 nitrogen and oxygen atoms in total. The van der Waals surface area contributed by atoms with Crippen LogP contribution in [0.25, 0.3) is 0 Å². The Morgan fingerprint density at radius 3 is 2.81 bits per heavy atom. The number of rotatable bonds is 5. The molecule has 0 saturated carbocycles. The second-order valence-electron chi connectivity index (χ2n) is 4.96. The Kier molecular flexibility index (Phi) is 5.01. The molecule has 0 aliphatic rings. The van der Waals surface area contributed by atoms with Gasteiger partial charge in [0.05, 0.1) is 11.4 Å². The first-order valence-electron chi connectivity index (χ1n) is 6.69. The van der Waals surface area contributed by atoms with E-state index in [2.05, 4.69) is 29.4 Å². The van der Waals surface area contributed by atoms with Crippen LogP contribution in [0.15, 0.2) is 23.6 Å². The van der Waals surface area contributed by atoms with E-state index in [0.717, 1.165) is 5.69 Å². The number of anilines is 1. The first-order valence-corrected chi connectivity index (χ1v) is 7.57. The van der Waals surface area contributed by atoms with E-state index < -0.39 is 0 Å². The van der Waals surface area contributed by atoms with E-state index in [9.17, 15) is 4.79 Å². The molecule has 0 aliphatic heterocycles. The predicted molar refractivity (Wildman–Crippen MR) is 82.1 cm³/mol. The zero-order valence-electron chi connectivity index (χ0n) is 12.0. The highest BCUT2D eigenvalue weighted by atomic mass is 32.1. The van der Waals surface area contributed by atoms with Crippen molar-refractivity contribution in [1.29, 1.82) is 5.26 Å². The number of hydrogen-bond acceptors (Lipinski definition) is 5. The number of aryl methyl sites for hydroxylation is 1. The number of nitrogens with zero attached hydrogens (tertiary/aromatic N) is 3. The molecule has 2 aromatic heterocycles. The molecule has 0 bridgehead atoms. The molecule has 6 heteroatoms. The molecule has 0 saturated heterocycles. The molecule has 0 radical (unpaired) electrons. The van der Waals surface area contributed by atoms with Crippen molar-refractivity contribution in [2.24, 2.45) is 0 Å². The standard InChI is InChI=1S/C15H16N4OS/c1-10(2)14-7-13(9-21-14)17-15(20)6-5-11-3-4-12(8-16)19-18-11/h3-4,7,9-10H,5-6H2,1-2H3,(H,17,20). The summed E-state index contributed by atoms with van der Waals surface area (Å²) < 4.78 is 0. The number of hydrogen-bond donors (Lipinski definition) is 1. The fraction of sp³-hybridized carbons (Fsp3) is 0.333. The number of carbonyl (C=O) groups is 1. The summed E-state index contributed by atoms with van der Waals surface area (Å²) in [5, 5.41) is 21.1. The van der Waals surface area contributed by atoms with Crippen LogP contribution < -0.4 is 5.32 Å². The van der Waals surface area contributed by atoms with Crippen molar-refractivity contribution in [2.75, 3.05) is 5.32 Å². The summed E-state index contributed by atoms with van der Waals surface area (Å²) in [6.45, 7) is 4.25. The van der Waals surface area contributed by atoms with Crippen LogP contribution in [0.5, 0.6) is 0 Å². The Morgan fingerprint density at radius 2 is 2.24 bits per heavy atom. The van der Waals surface area contributed by atoms with E-state index in [0.29, 0.717) is 24.5 Å². The number of thiophene rings is 1. The third-order valence-corrected chi connectivity index (χ3v) is 4.15. The molecular formula is C15H16N4OS. The lowest BCUT2D eigenvalue weighted by Crippen LogP contribution is -2.12. The summed E-state index contributed by atoms with van der Waals surface area (Å²) in [6, 6.07) is 7.25. The van der Waals surface area contributed by atoms with E-state index >= 15 is 0 Å². The molecule has 1 N–H and O–H groups in total. The maximum atomic E-state index is 11.9. The molecule has 0 aromatic carbocycles. The summed E-state index contributed by atoms with van der Waals surface area (Å²) >= 11 is 1.65. The Morgan fingerprint density at radius 1 is 1.43 bits per heavy atom. The van der Waals surface area contributed by atoms with Gasteiger partial charge in [0, 0.05) is 23.1 Å². The molecular weight excluding hydrogens is 284 g/mol. The zero-order chi connectivity index (χ0) is 15.2. The molecule has 1 amide bonds. The van der Waals surface area contributed by atoms with Crippen molar-refractivity contribution >= 4 is 22.9 Å². The molecule has 2 rings (SSSR count). The maximum absolute atomic E-state index is 11.9. The van der Waals surface area contributed by atoms with Crippen molar-refractivity contribution in [1.82, 2.24) is 10.2 Å². The third kappa shape index (κ3) is 4.36. The summed E-state index contributed by atoms with van der Waals surface area (Å²) in [5.74, 6) is 0.420. The molecule has 0 aliphatic carbocycles. The van der Waals surface area contributed by atoms with Gasteiger partial charge in [-0.1, -0.05) is 13.8 Å². The zero-order valence-corrected chi connectivity index (χ0v) is 12.8. The highest BCUT2D eigenvalue weighted by molar-refractivity contribution is 7.10. The van der Waals surface area contributed by atoms with Crippen molar-refractivity contribution in [3.63, 3.8) is 0 Å². The van der Waals surface area contributed by atoms with Gasteiger partial charge in [0.1, 0.15) is 6.07 Å². The summed E-state index contributed by atoms with van der Waals surface area (Å²) in [6.07, 6.45) is 0.846. The van der Waals surface area contributed by atoms with Crippen LogP contribution in [-0.2, 0) is 11.2 Å². The van der Waals surface area contributed by atoms with Crippen LogP contribution in [0.1, 0.15) is 42.5 Å². The van der Waals surface area contributed by atoms with Crippen molar-refractivity contribution in [3.05, 3.63) is 39.8 Å². The summed E-state index contributed by atoms with van der Waals surface area (Å²) in [5.41, 5.74) is 1.83. The first kappa shape index (κ1) is 15.1. The Labute approximate surface area is 127 Å². The summed E-state index contributed by atoms with van der Waals surface area (Å²) in [7, 11) is 0. The molecule has 0 fully saturated rings. The van der Waals surface area contributed by atoms with Crippen LogP contribution in [0, 0.1) is 11.3 Å². The van der Waals surface area contributed by atoms with E-state index in [1.54, 1.807) is 23.5 Å². The highest BCUT2D eigenvalue weighted by Crippen LogP contribution is 2.26. The van der Waals surface area contributed by atoms with E-state index in [-0.39, 0.29) is 11.6 Å². The Bertz CT molecular complexity index is 655. The van der Waals surface area contributed by atoms with E-state index in [1.165, 1.54) is 4.88 Å². The Balaban J connectivity index is 1.85. The normalized spacial score (nSPS) is 10.4. The average molecular weight is 300 g/mol. The molecule has 0 atom stereocenters. The fourth-order valence-electron chi connectivity index (χ4n) is 1.74. The lowest BCUT2D eigenvalue weighted by molar-refractivity contribution is -0.116. The quantitative estimate of drug-likeness (QED) is 0.920. The van der Waals surface area contributed by atoms with E-state index in [4.69, 9.17) is 5.26 Å². The van der Waals surface area contributed by atoms with Crippen LogP contribution in [0.4, 0.5) is 5.69 Å². The van der Waals surface area contributed by atoms with Crippen molar-refractivity contribution < 1.29 is 4.79 Å². The lowest BCUT2D eigenvalue weighted by Gasteiger charge is -2.03. The van der Waals surface area contributed by atoms with Crippen LogP contribution in [0.2, 0.25) is 0 Å². The lowest BCUT2D eigenvalue weighted by atomic mass is 10.2. The number of nitrogens with one attached hydrogen (secondary N) is 1. The topological polar surface area (TPSA) is 78.7 Å². The molecule has 0 unspecified atom stereocenters. The van der Waals surface area contributed by atoms with Crippen molar-refractivity contribution in [3.8, 4) is 6.07 Å². The summed E-state index contributed by atoms with van der Waals surface area (Å²) in [4.78, 5) is 13.1. The van der Waals surface area contributed by atoms with Gasteiger partial charge in [0.2, 0.25) is 5.91 Å². The number of nitriles is 1. The molecule has 2 heterocycles. The minimum atomic E-state index is -0.0470. The van der Waals surface area contributed by atoms with Gasteiger partial charge in [0.25, 0.3) is 0 Å². The van der Waals surface area contributed by atoms with Gasteiger partial charge in [-0.15, -0.1) is 16.4 Å². The molecule has 108 valence electrons. The van der Waals surface area contributed by atoms with Gasteiger partial charge in [-0.2, -0.15) is 10.4 Å². The maximum Gasteiger partial charge on any atom is 0.224 e. The SMILES string of the molecule is CC(C)c1cc(NC(=O)CCc2ccc(C#N)nn2)cs1. The van der Waals surface area contributed by atoms with Gasteiger partial charge < -0.3 is 5.32 Å². The average Bonchev–Trinajstić information content (AvgIpc) is 2.94. The van der Waals surface area contributed by atoms with Crippen LogP contribution >= 0.6 is 11.3 Å². The smallest absolute Gasteiger partial charge is 0.224 e. The number of amides is 1. The number of aromatic nitrogens is 2. The van der Waals surface area contributed by atoms with Crippen LogP contribution in [-0.4, -0.2) is 16.1 Å². The fourth-order valence-corrected chi connectivity index (χ4v) is 2.60. The third-order valence-electron chi connectivity index (χ3n) is 2.92. The number of carbonyl (C=O) groups excluding carboxylic acids is 1. The van der Waals surface area contributed by atoms with Gasteiger partial charge in [-0.3, -0.25) is 4.79 Å². The van der Waals surface area contributed by atoms with Gasteiger partial charge in [-0.05, 0) is 24.1 Å².